The Morgan fingerprint density at radius 1 is 1.21 bits per heavy atom. The molecule has 2 heterocycles. The van der Waals surface area contributed by atoms with E-state index in [0.717, 1.165) is 45.3 Å². The van der Waals surface area contributed by atoms with Crippen molar-refractivity contribution in [1.29, 1.82) is 0 Å². The van der Waals surface area contributed by atoms with Crippen LogP contribution in [0.1, 0.15) is 50.2 Å². The summed E-state index contributed by atoms with van der Waals surface area (Å²) in [6.07, 6.45) is 4.98. The smallest absolute Gasteiger partial charge is 0.406 e. The van der Waals surface area contributed by atoms with Crippen molar-refractivity contribution in [3.05, 3.63) is 34.6 Å². The van der Waals surface area contributed by atoms with Crippen LogP contribution in [0.3, 0.4) is 0 Å². The summed E-state index contributed by atoms with van der Waals surface area (Å²) in [5.74, 6) is -0.0130. The highest BCUT2D eigenvalue weighted by molar-refractivity contribution is 6.30. The number of hydrogen-bond acceptors (Lipinski definition) is 6. The molecule has 2 saturated heterocycles. The number of likely N-dealkylation sites (N-methyl/N-ethyl adjacent to an activating group) is 1. The van der Waals surface area contributed by atoms with Gasteiger partial charge < -0.3 is 35.1 Å². The standard InChI is InChI=1S/C27H42ClFN4O5/c1-30-24(12-19-6-3-4-10-37-18-19)16-32-26(34)33-9-5-7-20(17-33)25(38-11-8-31-27(35)36-2)21-13-22(28)15-23(29)14-21/h13-15,19-20,24-25,30H,3-12,16-18H2,1-2H3,(H,31,35)(H,32,34)/t19-,20-,24+,25-/m1/s1. The fraction of sp³-hybridized carbons (Fsp3) is 0.704. The number of carbonyl (C=O) groups excluding carboxylic acids is 2. The molecule has 11 heteroatoms. The van der Waals surface area contributed by atoms with Crippen LogP contribution < -0.4 is 16.0 Å². The van der Waals surface area contributed by atoms with Crippen molar-refractivity contribution in [1.82, 2.24) is 20.9 Å². The van der Waals surface area contributed by atoms with Crippen LogP contribution in [0.4, 0.5) is 14.0 Å². The number of methoxy groups -OCH3 is 1. The Kier molecular flexibility index (Phi) is 12.9. The maximum absolute atomic E-state index is 14.2. The molecular weight excluding hydrogens is 515 g/mol. The van der Waals surface area contributed by atoms with E-state index in [1.165, 1.54) is 25.7 Å². The van der Waals surface area contributed by atoms with Gasteiger partial charge in [0.25, 0.3) is 0 Å². The number of nitrogens with one attached hydrogen (secondary N) is 3. The number of rotatable bonds is 11. The number of likely N-dealkylation sites (tertiary alicyclic amines) is 1. The first-order valence-electron chi connectivity index (χ1n) is 13.6. The highest BCUT2D eigenvalue weighted by atomic mass is 35.5. The molecule has 1 aromatic rings. The van der Waals surface area contributed by atoms with E-state index in [9.17, 15) is 14.0 Å². The van der Waals surface area contributed by atoms with Crippen LogP contribution in [0.25, 0.3) is 0 Å². The lowest BCUT2D eigenvalue weighted by Gasteiger charge is -2.37. The first-order chi connectivity index (χ1) is 18.4. The second-order valence-corrected chi connectivity index (χ2v) is 10.5. The van der Waals surface area contributed by atoms with Gasteiger partial charge in [-0.05, 0) is 68.8 Å². The lowest BCUT2D eigenvalue weighted by molar-refractivity contribution is -0.00865. The molecule has 0 saturated carbocycles. The predicted octanol–water partition coefficient (Wildman–Crippen LogP) is 4.11. The van der Waals surface area contributed by atoms with E-state index in [1.54, 1.807) is 11.0 Å². The largest absolute Gasteiger partial charge is 0.453 e. The molecule has 2 fully saturated rings. The van der Waals surface area contributed by atoms with Gasteiger partial charge in [0.05, 0.1) is 19.8 Å². The van der Waals surface area contributed by atoms with Gasteiger partial charge in [0.15, 0.2) is 0 Å². The molecule has 0 bridgehead atoms. The van der Waals surface area contributed by atoms with Crippen LogP contribution in [-0.4, -0.2) is 83.2 Å². The Morgan fingerprint density at radius 2 is 2.05 bits per heavy atom. The number of benzene rings is 1. The lowest BCUT2D eigenvalue weighted by atomic mass is 9.88. The zero-order valence-corrected chi connectivity index (χ0v) is 23.2. The molecule has 0 aliphatic carbocycles. The Balaban J connectivity index is 1.59. The van der Waals surface area contributed by atoms with Gasteiger partial charge in [-0.25, -0.2) is 14.0 Å². The molecule has 2 aliphatic rings. The van der Waals surface area contributed by atoms with Gasteiger partial charge in [0.2, 0.25) is 0 Å². The minimum atomic E-state index is -0.550. The van der Waals surface area contributed by atoms with E-state index in [-0.39, 0.29) is 36.2 Å². The Hall–Kier alpha value is -2.14. The molecule has 3 rings (SSSR count). The zero-order chi connectivity index (χ0) is 27.3. The fourth-order valence-electron chi connectivity index (χ4n) is 5.28. The number of nitrogens with zero attached hydrogens (tertiary/aromatic N) is 1. The lowest BCUT2D eigenvalue weighted by Crippen LogP contribution is -2.50. The number of urea groups is 1. The summed E-state index contributed by atoms with van der Waals surface area (Å²) < 4.78 is 30.6. The number of carbonyl (C=O) groups is 2. The SMILES string of the molecule is CN[C@H](CNC(=O)N1CCC[C@@H]([C@@H](OCCNC(=O)OC)c2cc(F)cc(Cl)c2)C1)C[C@H]1CCCCOC1. The minimum Gasteiger partial charge on any atom is -0.453 e. The van der Waals surface area contributed by atoms with Crippen LogP contribution in [0.5, 0.6) is 0 Å². The van der Waals surface area contributed by atoms with E-state index in [1.807, 2.05) is 7.05 Å². The van der Waals surface area contributed by atoms with Crippen LogP contribution in [-0.2, 0) is 14.2 Å². The molecule has 3 amide bonds. The van der Waals surface area contributed by atoms with Gasteiger partial charge in [-0.3, -0.25) is 0 Å². The molecule has 4 atom stereocenters. The minimum absolute atomic E-state index is 0.0614. The molecule has 38 heavy (non-hydrogen) atoms. The third kappa shape index (κ3) is 9.87. The van der Waals surface area contributed by atoms with Gasteiger partial charge in [-0.15, -0.1) is 0 Å². The highest BCUT2D eigenvalue weighted by Crippen LogP contribution is 2.34. The Labute approximate surface area is 230 Å². The van der Waals surface area contributed by atoms with Gasteiger partial charge in [-0.2, -0.15) is 0 Å². The summed E-state index contributed by atoms with van der Waals surface area (Å²) in [5, 5.41) is 9.29. The van der Waals surface area contributed by atoms with E-state index in [0.29, 0.717) is 31.1 Å². The first-order valence-corrected chi connectivity index (χ1v) is 13.9. The normalized spacial score (nSPS) is 21.7. The molecule has 1 aromatic carbocycles. The van der Waals surface area contributed by atoms with Crippen LogP contribution in [0, 0.1) is 17.7 Å². The molecule has 9 nitrogen and oxygen atoms in total. The second-order valence-electron chi connectivity index (χ2n) is 10.1. The summed E-state index contributed by atoms with van der Waals surface area (Å²) in [6, 6.07) is 4.41. The second kappa shape index (κ2) is 16.1. The molecular formula is C27H42ClFN4O5. The van der Waals surface area contributed by atoms with Crippen molar-refractivity contribution in [2.24, 2.45) is 11.8 Å². The van der Waals surface area contributed by atoms with Crippen molar-refractivity contribution in [3.8, 4) is 0 Å². The predicted molar refractivity (Wildman–Crippen MR) is 144 cm³/mol. The number of ether oxygens (including phenoxy) is 3. The Morgan fingerprint density at radius 3 is 2.82 bits per heavy atom. The number of hydrogen-bond donors (Lipinski definition) is 3. The maximum Gasteiger partial charge on any atom is 0.406 e. The van der Waals surface area contributed by atoms with Crippen molar-refractivity contribution in [3.63, 3.8) is 0 Å². The van der Waals surface area contributed by atoms with Crippen LogP contribution in [0.15, 0.2) is 18.2 Å². The molecule has 0 unspecified atom stereocenters. The molecule has 214 valence electrons. The highest BCUT2D eigenvalue weighted by Gasteiger charge is 2.32. The topological polar surface area (TPSA) is 101 Å². The van der Waals surface area contributed by atoms with Gasteiger partial charge in [0, 0.05) is 56.4 Å². The van der Waals surface area contributed by atoms with E-state index in [2.05, 4.69) is 20.7 Å². The summed E-state index contributed by atoms with van der Waals surface area (Å²) in [6.45, 7) is 3.69. The number of alkyl carbamates (subject to hydrolysis) is 1. The van der Waals surface area contributed by atoms with E-state index >= 15 is 0 Å². The van der Waals surface area contributed by atoms with E-state index < -0.39 is 18.0 Å². The monoisotopic (exact) mass is 556 g/mol. The molecule has 3 N–H and O–H groups in total. The van der Waals surface area contributed by atoms with Gasteiger partial charge in [-0.1, -0.05) is 18.0 Å². The quantitative estimate of drug-likeness (QED) is 0.355. The fourth-order valence-corrected chi connectivity index (χ4v) is 5.51. The van der Waals surface area contributed by atoms with Crippen LogP contribution >= 0.6 is 11.6 Å². The molecule has 0 radical (unpaired) electrons. The molecule has 0 aromatic heterocycles. The van der Waals surface area contributed by atoms with Crippen molar-refractivity contribution >= 4 is 23.7 Å². The average Bonchev–Trinajstić information content (AvgIpc) is 3.18. The first kappa shape index (κ1) is 30.4. The Bertz CT molecular complexity index is 867. The van der Waals surface area contributed by atoms with Crippen molar-refractivity contribution in [2.45, 2.75) is 50.7 Å². The summed E-state index contributed by atoms with van der Waals surface area (Å²) >= 11 is 6.14. The average molecular weight is 557 g/mol. The van der Waals surface area contributed by atoms with Crippen LogP contribution in [0.2, 0.25) is 5.02 Å². The third-order valence-corrected chi connectivity index (χ3v) is 7.49. The van der Waals surface area contributed by atoms with Crippen molar-refractivity contribution < 1.29 is 28.2 Å². The van der Waals surface area contributed by atoms with Crippen molar-refractivity contribution in [2.75, 3.05) is 60.2 Å². The zero-order valence-electron chi connectivity index (χ0n) is 22.5. The maximum atomic E-state index is 14.2. The molecule has 0 spiro atoms. The third-order valence-electron chi connectivity index (χ3n) is 7.27. The number of piperidine rings is 1. The number of amides is 3. The summed E-state index contributed by atoms with van der Waals surface area (Å²) in [5.41, 5.74) is 0.612. The molecule has 2 aliphatic heterocycles. The summed E-state index contributed by atoms with van der Waals surface area (Å²) in [4.78, 5) is 26.3. The summed E-state index contributed by atoms with van der Waals surface area (Å²) in [7, 11) is 3.21. The van der Waals surface area contributed by atoms with E-state index in [4.69, 9.17) is 21.1 Å². The van der Waals surface area contributed by atoms with Gasteiger partial charge in [0.1, 0.15) is 5.82 Å². The number of halogens is 2. The van der Waals surface area contributed by atoms with Gasteiger partial charge >= 0.3 is 12.1 Å².